The average Bonchev–Trinajstić information content (AvgIpc) is 2.94. The smallest absolute Gasteiger partial charge is 0.244 e. The number of pyridine rings is 1. The molecule has 1 unspecified atom stereocenters. The molecular formula is C13H16BrN3O3S. The van der Waals surface area contributed by atoms with Crippen LogP contribution >= 0.6 is 15.9 Å². The fourth-order valence-corrected chi connectivity index (χ4v) is 3.67. The normalized spacial score (nSPS) is 13.1. The summed E-state index contributed by atoms with van der Waals surface area (Å²) in [6, 6.07) is 4.48. The van der Waals surface area contributed by atoms with E-state index in [0.29, 0.717) is 22.6 Å². The van der Waals surface area contributed by atoms with Gasteiger partial charge in [-0.2, -0.15) is 0 Å². The molecule has 8 heteroatoms. The van der Waals surface area contributed by atoms with Gasteiger partial charge in [-0.25, -0.2) is 18.1 Å². The Hall–Kier alpha value is -1.38. The topological polar surface area (TPSA) is 84.2 Å². The summed E-state index contributed by atoms with van der Waals surface area (Å²) in [6.45, 7) is 4.17. The largest absolute Gasteiger partial charge is 0.468 e. The number of nitrogens with one attached hydrogen (secondary N) is 2. The van der Waals surface area contributed by atoms with Crippen LogP contribution in [0.4, 0.5) is 5.82 Å². The van der Waals surface area contributed by atoms with Gasteiger partial charge in [0, 0.05) is 17.2 Å². The predicted molar refractivity (Wildman–Crippen MR) is 83.5 cm³/mol. The molecule has 0 aliphatic heterocycles. The maximum atomic E-state index is 12.5. The summed E-state index contributed by atoms with van der Waals surface area (Å²) in [5.74, 6) is 0.867. The fraction of sp³-hybridized carbons (Fsp3) is 0.308. The Kier molecular flexibility index (Phi) is 5.02. The molecule has 21 heavy (non-hydrogen) atoms. The maximum Gasteiger partial charge on any atom is 0.244 e. The Morgan fingerprint density at radius 2 is 2.24 bits per heavy atom. The first-order chi connectivity index (χ1) is 9.94. The lowest BCUT2D eigenvalue weighted by Gasteiger charge is -2.15. The van der Waals surface area contributed by atoms with Gasteiger partial charge in [-0.15, -0.1) is 0 Å². The Balaban J connectivity index is 2.33. The van der Waals surface area contributed by atoms with Crippen molar-refractivity contribution < 1.29 is 12.8 Å². The Morgan fingerprint density at radius 1 is 1.48 bits per heavy atom. The average molecular weight is 374 g/mol. The zero-order valence-electron chi connectivity index (χ0n) is 11.6. The van der Waals surface area contributed by atoms with Gasteiger partial charge in [0.05, 0.1) is 12.3 Å². The van der Waals surface area contributed by atoms with Crippen LogP contribution in [0.5, 0.6) is 0 Å². The SMILES string of the molecule is CCNc1ncc(Br)cc1S(=O)(=O)NC(C)c1ccco1. The minimum absolute atomic E-state index is 0.0946. The number of sulfonamides is 1. The van der Waals surface area contributed by atoms with Crippen LogP contribution in [-0.2, 0) is 10.0 Å². The van der Waals surface area contributed by atoms with Crippen molar-refractivity contribution in [3.05, 3.63) is 40.9 Å². The molecule has 0 aliphatic carbocycles. The quantitative estimate of drug-likeness (QED) is 0.812. The van der Waals surface area contributed by atoms with Crippen LogP contribution in [0.2, 0.25) is 0 Å². The first-order valence-corrected chi connectivity index (χ1v) is 8.67. The molecule has 0 saturated carbocycles. The van der Waals surface area contributed by atoms with E-state index in [2.05, 4.69) is 31.0 Å². The first kappa shape index (κ1) is 16.0. The van der Waals surface area contributed by atoms with E-state index >= 15 is 0 Å². The molecule has 2 N–H and O–H groups in total. The van der Waals surface area contributed by atoms with E-state index in [0.717, 1.165) is 0 Å². The number of anilines is 1. The van der Waals surface area contributed by atoms with Crippen LogP contribution in [0.3, 0.4) is 0 Å². The first-order valence-electron chi connectivity index (χ1n) is 6.39. The lowest BCUT2D eigenvalue weighted by molar-refractivity contribution is 0.459. The summed E-state index contributed by atoms with van der Waals surface area (Å²) >= 11 is 3.24. The van der Waals surface area contributed by atoms with Gasteiger partial charge in [-0.3, -0.25) is 0 Å². The van der Waals surface area contributed by atoms with Gasteiger partial charge >= 0.3 is 0 Å². The molecule has 1 atom stereocenters. The molecule has 0 radical (unpaired) electrons. The molecule has 2 aromatic rings. The van der Waals surface area contributed by atoms with Crippen LogP contribution in [0.25, 0.3) is 0 Å². The van der Waals surface area contributed by atoms with Gasteiger partial charge in [0.25, 0.3) is 0 Å². The Morgan fingerprint density at radius 3 is 2.86 bits per heavy atom. The van der Waals surface area contributed by atoms with E-state index < -0.39 is 16.1 Å². The van der Waals surface area contributed by atoms with Crippen molar-refractivity contribution in [3.8, 4) is 0 Å². The highest BCUT2D eigenvalue weighted by atomic mass is 79.9. The maximum absolute atomic E-state index is 12.5. The van der Waals surface area contributed by atoms with Crippen LogP contribution < -0.4 is 10.0 Å². The minimum Gasteiger partial charge on any atom is -0.468 e. The molecule has 2 aromatic heterocycles. The standard InChI is InChI=1S/C13H16BrN3O3S/c1-3-15-13-12(7-10(14)8-16-13)21(18,19)17-9(2)11-5-4-6-20-11/h4-9,17H,3H2,1-2H3,(H,15,16). The molecule has 0 amide bonds. The summed E-state index contributed by atoms with van der Waals surface area (Å²) in [5, 5.41) is 2.94. The van der Waals surface area contributed by atoms with E-state index in [1.807, 2.05) is 6.92 Å². The highest BCUT2D eigenvalue weighted by Gasteiger charge is 2.23. The van der Waals surface area contributed by atoms with E-state index in [4.69, 9.17) is 4.42 Å². The summed E-state index contributed by atoms with van der Waals surface area (Å²) in [5.41, 5.74) is 0. The summed E-state index contributed by atoms with van der Waals surface area (Å²) in [6.07, 6.45) is 3.05. The van der Waals surface area contributed by atoms with Crippen molar-refractivity contribution >= 4 is 31.8 Å². The van der Waals surface area contributed by atoms with E-state index in [1.165, 1.54) is 12.3 Å². The molecule has 0 fully saturated rings. The van der Waals surface area contributed by atoms with Gasteiger partial charge < -0.3 is 9.73 Å². The molecule has 2 rings (SSSR count). The van der Waals surface area contributed by atoms with E-state index in [-0.39, 0.29) is 4.90 Å². The molecule has 0 aliphatic rings. The second-order valence-corrected chi connectivity index (χ2v) is 6.99. The number of rotatable bonds is 6. The highest BCUT2D eigenvalue weighted by Crippen LogP contribution is 2.24. The zero-order valence-corrected chi connectivity index (χ0v) is 14.0. The zero-order chi connectivity index (χ0) is 15.5. The van der Waals surface area contributed by atoms with Gasteiger partial charge in [0.2, 0.25) is 10.0 Å². The molecule has 0 saturated heterocycles. The van der Waals surface area contributed by atoms with Crippen molar-refractivity contribution in [2.45, 2.75) is 24.8 Å². The van der Waals surface area contributed by atoms with Gasteiger partial charge in [0.1, 0.15) is 16.5 Å². The van der Waals surface area contributed by atoms with Crippen molar-refractivity contribution in [2.24, 2.45) is 0 Å². The van der Waals surface area contributed by atoms with Crippen LogP contribution in [0, 0.1) is 0 Å². The van der Waals surface area contributed by atoms with Crippen LogP contribution in [0.15, 0.2) is 44.4 Å². The lowest BCUT2D eigenvalue weighted by Crippen LogP contribution is -2.27. The lowest BCUT2D eigenvalue weighted by atomic mass is 10.3. The van der Waals surface area contributed by atoms with Gasteiger partial charge in [-0.1, -0.05) is 0 Å². The third-order valence-corrected chi connectivity index (χ3v) is 4.74. The summed E-state index contributed by atoms with van der Waals surface area (Å²) < 4.78 is 33.4. The molecule has 6 nitrogen and oxygen atoms in total. The number of hydrogen-bond acceptors (Lipinski definition) is 5. The Labute approximate surface area is 132 Å². The van der Waals surface area contributed by atoms with Crippen LogP contribution in [0.1, 0.15) is 25.6 Å². The van der Waals surface area contributed by atoms with Crippen LogP contribution in [-0.4, -0.2) is 19.9 Å². The van der Waals surface area contributed by atoms with E-state index in [9.17, 15) is 8.42 Å². The highest BCUT2D eigenvalue weighted by molar-refractivity contribution is 9.10. The van der Waals surface area contributed by atoms with Crippen molar-refractivity contribution in [1.29, 1.82) is 0 Å². The predicted octanol–water partition coefficient (Wildman–Crippen LogP) is 2.91. The molecule has 0 spiro atoms. The van der Waals surface area contributed by atoms with Crippen molar-refractivity contribution in [2.75, 3.05) is 11.9 Å². The minimum atomic E-state index is -3.73. The number of furan rings is 1. The second-order valence-electron chi connectivity index (χ2n) is 4.39. The molecule has 114 valence electrons. The van der Waals surface area contributed by atoms with Crippen molar-refractivity contribution in [3.63, 3.8) is 0 Å². The summed E-state index contributed by atoms with van der Waals surface area (Å²) in [4.78, 5) is 4.20. The number of nitrogens with zero attached hydrogens (tertiary/aromatic N) is 1. The third-order valence-electron chi connectivity index (χ3n) is 2.75. The molecule has 0 bridgehead atoms. The molecule has 2 heterocycles. The fourth-order valence-electron chi connectivity index (χ4n) is 1.82. The van der Waals surface area contributed by atoms with Crippen molar-refractivity contribution in [1.82, 2.24) is 9.71 Å². The number of aromatic nitrogens is 1. The third kappa shape index (κ3) is 3.84. The second kappa shape index (κ2) is 6.59. The monoisotopic (exact) mass is 373 g/mol. The number of hydrogen-bond donors (Lipinski definition) is 2. The Bertz CT molecular complexity index is 701. The van der Waals surface area contributed by atoms with E-state index in [1.54, 1.807) is 25.3 Å². The van der Waals surface area contributed by atoms with Gasteiger partial charge in [-0.05, 0) is 48.0 Å². The van der Waals surface area contributed by atoms with Gasteiger partial charge in [0.15, 0.2) is 0 Å². The molecular weight excluding hydrogens is 358 g/mol. The molecule has 0 aromatic carbocycles. The summed E-state index contributed by atoms with van der Waals surface area (Å²) in [7, 11) is -3.73. The number of halogens is 1.